The van der Waals surface area contributed by atoms with Gasteiger partial charge in [-0.1, -0.05) is 20.8 Å². The molecular weight excluding hydrogens is 310 g/mol. The second kappa shape index (κ2) is 7.04. The molecule has 1 N–H and O–H groups in total. The lowest BCUT2D eigenvalue weighted by Gasteiger charge is -2.36. The zero-order valence-corrected chi connectivity index (χ0v) is 14.3. The van der Waals surface area contributed by atoms with E-state index in [-0.39, 0.29) is 11.5 Å². The topological polar surface area (TPSA) is 21.3 Å². The third-order valence-corrected chi connectivity index (χ3v) is 4.98. The largest absolute Gasteiger partial charge is 0.376 e. The molecule has 1 aromatic heterocycles. The minimum atomic E-state index is 0.132. The third kappa shape index (κ3) is 4.34. The Morgan fingerprint density at radius 2 is 2.11 bits per heavy atom. The lowest BCUT2D eigenvalue weighted by Crippen LogP contribution is -2.48. The molecule has 0 bridgehead atoms. The first-order valence-corrected chi connectivity index (χ1v) is 8.08. The van der Waals surface area contributed by atoms with Crippen molar-refractivity contribution >= 4 is 27.3 Å². The van der Waals surface area contributed by atoms with Crippen LogP contribution in [0.2, 0.25) is 0 Å². The van der Waals surface area contributed by atoms with Gasteiger partial charge in [-0.3, -0.25) is 0 Å². The number of thiophene rings is 1. The van der Waals surface area contributed by atoms with Gasteiger partial charge in [0.15, 0.2) is 0 Å². The standard InChI is InChI=1S/C14H24BrNOS/c1-6-17-13(14(2,3)4)11(16-5)9-12-10(15)7-8-18-12/h7-8,11,13,16H,6,9H2,1-5H3. The van der Waals surface area contributed by atoms with E-state index in [0.29, 0.717) is 6.04 Å². The molecule has 0 fully saturated rings. The number of rotatable bonds is 6. The van der Waals surface area contributed by atoms with E-state index >= 15 is 0 Å². The van der Waals surface area contributed by atoms with Gasteiger partial charge in [-0.15, -0.1) is 11.3 Å². The molecule has 2 unspecified atom stereocenters. The summed E-state index contributed by atoms with van der Waals surface area (Å²) in [4.78, 5) is 1.38. The molecular formula is C14H24BrNOS. The fourth-order valence-corrected chi connectivity index (χ4v) is 3.75. The molecule has 0 saturated heterocycles. The molecule has 0 amide bonds. The van der Waals surface area contributed by atoms with Gasteiger partial charge in [0.05, 0.1) is 6.10 Å². The van der Waals surface area contributed by atoms with Crippen LogP contribution in [-0.2, 0) is 11.2 Å². The molecule has 104 valence electrons. The maximum Gasteiger partial charge on any atom is 0.0779 e. The van der Waals surface area contributed by atoms with E-state index in [1.54, 1.807) is 11.3 Å². The summed E-state index contributed by atoms with van der Waals surface area (Å²) in [7, 11) is 2.02. The van der Waals surface area contributed by atoms with Crippen molar-refractivity contribution in [3.05, 3.63) is 20.8 Å². The summed E-state index contributed by atoms with van der Waals surface area (Å²) >= 11 is 5.40. The van der Waals surface area contributed by atoms with Crippen LogP contribution in [0.3, 0.4) is 0 Å². The normalized spacial score (nSPS) is 15.7. The Kier molecular flexibility index (Phi) is 6.31. The van der Waals surface area contributed by atoms with Crippen molar-refractivity contribution in [2.75, 3.05) is 13.7 Å². The lowest BCUT2D eigenvalue weighted by atomic mass is 9.83. The predicted molar refractivity (Wildman–Crippen MR) is 83.4 cm³/mol. The number of hydrogen-bond donors (Lipinski definition) is 1. The first-order chi connectivity index (χ1) is 8.40. The minimum Gasteiger partial charge on any atom is -0.376 e. The van der Waals surface area contributed by atoms with Gasteiger partial charge in [-0.25, -0.2) is 0 Å². The minimum absolute atomic E-state index is 0.132. The van der Waals surface area contributed by atoms with Crippen LogP contribution in [0, 0.1) is 5.41 Å². The number of halogens is 1. The van der Waals surface area contributed by atoms with Gasteiger partial charge >= 0.3 is 0 Å². The fourth-order valence-electron chi connectivity index (χ4n) is 2.18. The Bertz CT molecular complexity index is 359. The third-order valence-electron chi connectivity index (χ3n) is 3.03. The van der Waals surface area contributed by atoms with Crippen LogP contribution in [0.1, 0.15) is 32.6 Å². The lowest BCUT2D eigenvalue weighted by molar-refractivity contribution is -0.0339. The number of hydrogen-bond acceptors (Lipinski definition) is 3. The Morgan fingerprint density at radius 1 is 1.44 bits per heavy atom. The second-order valence-corrected chi connectivity index (χ2v) is 7.39. The van der Waals surface area contributed by atoms with Crippen molar-refractivity contribution in [2.24, 2.45) is 5.41 Å². The van der Waals surface area contributed by atoms with Crippen LogP contribution < -0.4 is 5.32 Å². The van der Waals surface area contributed by atoms with Crippen molar-refractivity contribution in [1.29, 1.82) is 0 Å². The molecule has 0 aliphatic carbocycles. The highest BCUT2D eigenvalue weighted by atomic mass is 79.9. The fraction of sp³-hybridized carbons (Fsp3) is 0.714. The highest BCUT2D eigenvalue weighted by Gasteiger charge is 2.32. The van der Waals surface area contributed by atoms with Gasteiger partial charge in [0.2, 0.25) is 0 Å². The molecule has 0 saturated carbocycles. The van der Waals surface area contributed by atoms with Crippen molar-refractivity contribution < 1.29 is 4.74 Å². The predicted octanol–water partition coefficient (Wildman–Crippen LogP) is 4.09. The van der Waals surface area contributed by atoms with Crippen molar-refractivity contribution in [1.82, 2.24) is 5.32 Å². The molecule has 1 heterocycles. The molecule has 1 rings (SSSR count). The quantitative estimate of drug-likeness (QED) is 0.846. The van der Waals surface area contributed by atoms with E-state index in [1.165, 1.54) is 9.35 Å². The maximum atomic E-state index is 5.97. The SMILES string of the molecule is CCOC(C(Cc1sccc1Br)NC)C(C)(C)C. The van der Waals surface area contributed by atoms with Crippen LogP contribution in [-0.4, -0.2) is 25.8 Å². The van der Waals surface area contributed by atoms with E-state index in [1.807, 2.05) is 7.05 Å². The monoisotopic (exact) mass is 333 g/mol. The van der Waals surface area contributed by atoms with Crippen molar-refractivity contribution in [3.63, 3.8) is 0 Å². The van der Waals surface area contributed by atoms with E-state index in [0.717, 1.165) is 13.0 Å². The van der Waals surface area contributed by atoms with Crippen molar-refractivity contribution in [3.8, 4) is 0 Å². The number of nitrogens with one attached hydrogen (secondary N) is 1. The Morgan fingerprint density at radius 3 is 2.50 bits per heavy atom. The summed E-state index contributed by atoms with van der Waals surface area (Å²) in [5, 5.41) is 5.54. The van der Waals surface area contributed by atoms with Crippen LogP contribution in [0.15, 0.2) is 15.9 Å². The smallest absolute Gasteiger partial charge is 0.0779 e. The summed E-state index contributed by atoms with van der Waals surface area (Å²) in [5.74, 6) is 0. The summed E-state index contributed by atoms with van der Waals surface area (Å²) in [5.41, 5.74) is 0.132. The van der Waals surface area contributed by atoms with E-state index < -0.39 is 0 Å². The van der Waals surface area contributed by atoms with Crippen LogP contribution in [0.4, 0.5) is 0 Å². The van der Waals surface area contributed by atoms with Crippen LogP contribution in [0.25, 0.3) is 0 Å². The van der Waals surface area contributed by atoms with E-state index in [9.17, 15) is 0 Å². The Balaban J connectivity index is 2.83. The Hall–Kier alpha value is 0.1000. The van der Waals surface area contributed by atoms with Crippen LogP contribution >= 0.6 is 27.3 Å². The molecule has 0 spiro atoms. The molecule has 4 heteroatoms. The molecule has 2 nitrogen and oxygen atoms in total. The highest BCUT2D eigenvalue weighted by molar-refractivity contribution is 9.10. The number of likely N-dealkylation sites (N-methyl/N-ethyl adjacent to an activating group) is 1. The van der Waals surface area contributed by atoms with Gasteiger partial charge in [0.25, 0.3) is 0 Å². The first kappa shape index (κ1) is 16.2. The second-order valence-electron chi connectivity index (χ2n) is 5.53. The molecule has 2 atom stereocenters. The molecule has 0 aliphatic heterocycles. The van der Waals surface area contributed by atoms with E-state index in [2.05, 4.69) is 60.4 Å². The molecule has 0 aliphatic rings. The average Bonchev–Trinajstić information content (AvgIpc) is 2.67. The zero-order chi connectivity index (χ0) is 13.8. The molecule has 18 heavy (non-hydrogen) atoms. The van der Waals surface area contributed by atoms with Gasteiger partial charge in [0, 0.05) is 28.4 Å². The number of ether oxygens (including phenoxy) is 1. The summed E-state index contributed by atoms with van der Waals surface area (Å²) in [6.45, 7) is 9.53. The summed E-state index contributed by atoms with van der Waals surface area (Å²) < 4.78 is 7.18. The molecule has 0 aromatic carbocycles. The van der Waals surface area contributed by atoms with Gasteiger partial charge in [0.1, 0.15) is 0 Å². The molecule has 1 aromatic rings. The average molecular weight is 334 g/mol. The highest BCUT2D eigenvalue weighted by Crippen LogP contribution is 2.30. The Labute approximate surface area is 123 Å². The van der Waals surface area contributed by atoms with E-state index in [4.69, 9.17) is 4.74 Å². The van der Waals surface area contributed by atoms with Crippen molar-refractivity contribution in [2.45, 2.75) is 46.3 Å². The van der Waals surface area contributed by atoms with Crippen LogP contribution in [0.5, 0.6) is 0 Å². The summed E-state index contributed by atoms with van der Waals surface area (Å²) in [6.07, 6.45) is 1.21. The first-order valence-electron chi connectivity index (χ1n) is 6.40. The van der Waals surface area contributed by atoms with Gasteiger partial charge in [-0.2, -0.15) is 0 Å². The zero-order valence-electron chi connectivity index (χ0n) is 11.9. The van der Waals surface area contributed by atoms with Gasteiger partial charge < -0.3 is 10.1 Å². The maximum absolute atomic E-state index is 5.97. The summed E-state index contributed by atoms with van der Waals surface area (Å²) in [6, 6.07) is 2.44. The molecule has 0 radical (unpaired) electrons. The van der Waals surface area contributed by atoms with Gasteiger partial charge in [-0.05, 0) is 46.8 Å².